The van der Waals surface area contributed by atoms with E-state index in [1.807, 2.05) is 0 Å². The van der Waals surface area contributed by atoms with Crippen LogP contribution in [-0.2, 0) is 57.2 Å². The Hall–Kier alpha value is -3.99. The Kier molecular flexibility index (Phi) is 9.57. The number of imide groups is 1. The van der Waals surface area contributed by atoms with E-state index in [2.05, 4.69) is 0 Å². The second-order valence-electron chi connectivity index (χ2n) is 16.1. The quantitative estimate of drug-likeness (QED) is 0.118. The minimum atomic E-state index is -2.37. The van der Waals surface area contributed by atoms with Crippen molar-refractivity contribution in [3.05, 3.63) is 30.2 Å². The number of fused-ring (bicyclic) bond motifs is 1. The number of carbonyl (C=O) groups is 7. The number of aliphatic hydroxyl groups excluding tert-OH is 1. The summed E-state index contributed by atoms with van der Waals surface area (Å²) in [5.74, 6) is -13.4. The first-order valence-corrected chi connectivity index (χ1v) is 17.8. The number of ketones is 1. The first kappa shape index (κ1) is 38.7. The molecule has 6 aliphatic rings. The van der Waals surface area contributed by atoms with Gasteiger partial charge in [0.15, 0.2) is 24.4 Å². The summed E-state index contributed by atoms with van der Waals surface area (Å²) >= 11 is 0. The second-order valence-corrected chi connectivity index (χ2v) is 16.1. The molecule has 6 rings (SSSR count). The Morgan fingerprint density at radius 2 is 1.64 bits per heavy atom. The van der Waals surface area contributed by atoms with Gasteiger partial charge in [-0.3, -0.25) is 28.8 Å². The molecule has 3 aliphatic heterocycles. The Balaban J connectivity index is 1.33. The molecule has 11 atom stereocenters. The number of allylic oxidation sites excluding steroid dienone is 1. The minimum absolute atomic E-state index is 0.306. The Morgan fingerprint density at radius 3 is 2.25 bits per heavy atom. The highest BCUT2D eigenvalue weighted by atomic mass is 16.7. The SMILES string of the molecule is CC1=CC(=O)[C@@H](OC(=O)CC(=O)OCN2C(=O)C=CC2=O)[C@]2(C)C3[C@]45CO[C@@]3(O)[C@H](O)[C@H](C)C4C(OC(=O)CC(O)(C(C)C)C(C)C)C(=O)OC5[CH][C@@H]12. The highest BCUT2D eigenvalue weighted by molar-refractivity contribution is 6.12. The summed E-state index contributed by atoms with van der Waals surface area (Å²) in [7, 11) is 0. The van der Waals surface area contributed by atoms with Crippen LogP contribution >= 0.6 is 0 Å². The van der Waals surface area contributed by atoms with Crippen LogP contribution in [0.2, 0.25) is 0 Å². The van der Waals surface area contributed by atoms with Gasteiger partial charge in [0, 0.05) is 41.2 Å². The summed E-state index contributed by atoms with van der Waals surface area (Å²) in [5.41, 5.74) is -4.01. The van der Waals surface area contributed by atoms with E-state index < -0.39 is 131 Å². The van der Waals surface area contributed by atoms with E-state index in [0.29, 0.717) is 10.5 Å². The Morgan fingerprint density at radius 1 is 1.02 bits per heavy atom. The highest BCUT2D eigenvalue weighted by Crippen LogP contribution is 2.74. The van der Waals surface area contributed by atoms with Gasteiger partial charge in [0.05, 0.1) is 18.6 Å². The van der Waals surface area contributed by atoms with Crippen LogP contribution < -0.4 is 0 Å². The van der Waals surface area contributed by atoms with E-state index in [-0.39, 0.29) is 18.4 Å². The molecule has 16 heteroatoms. The van der Waals surface area contributed by atoms with Crippen molar-refractivity contribution >= 4 is 41.5 Å². The van der Waals surface area contributed by atoms with E-state index in [9.17, 15) is 48.9 Å². The first-order valence-electron chi connectivity index (χ1n) is 17.8. The average Bonchev–Trinajstić information content (AvgIpc) is 3.55. The molecule has 2 saturated heterocycles. The van der Waals surface area contributed by atoms with Gasteiger partial charge < -0.3 is 39.0 Å². The van der Waals surface area contributed by atoms with Crippen molar-refractivity contribution in [1.29, 1.82) is 0 Å². The molecule has 3 aliphatic carbocycles. The monoisotopic (exact) mass is 744 g/mol. The fraction of sp³-hybridized carbons (Fsp3) is 0.676. The summed E-state index contributed by atoms with van der Waals surface area (Å²) in [5, 5.41) is 35.5. The maximum atomic E-state index is 13.8. The van der Waals surface area contributed by atoms with Crippen molar-refractivity contribution < 1.29 is 72.6 Å². The number of esters is 4. The molecular formula is C37H46NO15. The van der Waals surface area contributed by atoms with Crippen molar-refractivity contribution in [2.24, 2.45) is 46.3 Å². The van der Waals surface area contributed by atoms with E-state index >= 15 is 0 Å². The van der Waals surface area contributed by atoms with Gasteiger partial charge in [0.2, 0.25) is 6.10 Å². The first-order chi connectivity index (χ1) is 24.6. The number of hydrogen-bond acceptors (Lipinski definition) is 15. The third-order valence-electron chi connectivity index (χ3n) is 12.8. The van der Waals surface area contributed by atoms with Crippen molar-refractivity contribution in [3.63, 3.8) is 0 Å². The maximum Gasteiger partial charge on any atom is 0.348 e. The van der Waals surface area contributed by atoms with Gasteiger partial charge in [-0.15, -0.1) is 0 Å². The zero-order chi connectivity index (χ0) is 39.2. The largest absolute Gasteiger partial charge is 0.459 e. The van der Waals surface area contributed by atoms with E-state index in [4.69, 9.17) is 23.7 Å². The second kappa shape index (κ2) is 13.1. The molecule has 0 aromatic rings. The lowest BCUT2D eigenvalue weighted by atomic mass is 9.38. The lowest BCUT2D eigenvalue weighted by Gasteiger charge is -2.68. The standard InChI is InChI=1S/C37H46NO15/c1-16(2)36(47,17(3)4)13-27(44)52-29-28-19(6)30(45)37(48)33-34(7)20(11-22(51-32(29)46)35(28,33)14-50-37)18(5)10-21(39)31(34)53-26(43)12-25(42)49-15-38-23(40)8-9-24(38)41/h8-11,16-17,19-20,22,28-31,33,45,47-48H,12-15H2,1-7H3/t19-,20+,22?,28?,29?,30-,31-,33?,34-,35+,37+/m1/s1. The average molecular weight is 745 g/mol. The Labute approximate surface area is 305 Å². The van der Waals surface area contributed by atoms with E-state index in [1.165, 1.54) is 6.08 Å². The molecule has 2 amide bonds. The summed E-state index contributed by atoms with van der Waals surface area (Å²) < 4.78 is 28.6. The molecule has 2 bridgehead atoms. The molecule has 0 aromatic heterocycles. The third-order valence-corrected chi connectivity index (χ3v) is 12.8. The van der Waals surface area contributed by atoms with Crippen LogP contribution in [0.3, 0.4) is 0 Å². The minimum Gasteiger partial charge on any atom is -0.459 e. The summed E-state index contributed by atoms with van der Waals surface area (Å²) in [6.45, 7) is 10.8. The number of ether oxygens (including phenoxy) is 5. The molecule has 0 aromatic carbocycles. The van der Waals surface area contributed by atoms with Crippen molar-refractivity contribution in [1.82, 2.24) is 4.90 Å². The highest BCUT2D eigenvalue weighted by Gasteiger charge is 2.84. The summed E-state index contributed by atoms with van der Waals surface area (Å²) in [6, 6.07) is 0. The van der Waals surface area contributed by atoms with Crippen LogP contribution in [0.25, 0.3) is 0 Å². The molecule has 3 heterocycles. The molecule has 2 saturated carbocycles. The number of hydrogen-bond donors (Lipinski definition) is 3. The van der Waals surface area contributed by atoms with Crippen molar-refractivity contribution in [2.75, 3.05) is 13.3 Å². The van der Waals surface area contributed by atoms with Crippen LogP contribution in [0, 0.1) is 52.8 Å². The molecular weight excluding hydrogens is 698 g/mol. The topological polar surface area (TPSA) is 230 Å². The van der Waals surface area contributed by atoms with Crippen LogP contribution in [-0.4, -0.2) is 111 Å². The molecule has 289 valence electrons. The molecule has 16 nitrogen and oxygen atoms in total. The molecule has 1 spiro atoms. The van der Waals surface area contributed by atoms with Gasteiger partial charge in [-0.1, -0.05) is 47.1 Å². The lowest BCUT2D eigenvalue weighted by molar-refractivity contribution is -0.333. The molecule has 53 heavy (non-hydrogen) atoms. The number of amides is 2. The summed E-state index contributed by atoms with van der Waals surface area (Å²) in [6.07, 6.45) is -2.56. The maximum absolute atomic E-state index is 13.8. The summed E-state index contributed by atoms with van der Waals surface area (Å²) in [4.78, 5) is 91.3. The number of nitrogens with zero attached hydrogens (tertiary/aromatic N) is 1. The molecule has 4 unspecified atom stereocenters. The third kappa shape index (κ3) is 5.66. The normalized spacial score (nSPS) is 38.7. The fourth-order valence-corrected chi connectivity index (χ4v) is 10.1. The van der Waals surface area contributed by atoms with E-state index in [1.54, 1.807) is 54.9 Å². The zero-order valence-corrected chi connectivity index (χ0v) is 30.6. The van der Waals surface area contributed by atoms with Crippen LogP contribution in [0.15, 0.2) is 23.8 Å². The zero-order valence-electron chi connectivity index (χ0n) is 30.6. The van der Waals surface area contributed by atoms with Gasteiger partial charge in [-0.2, -0.15) is 0 Å². The van der Waals surface area contributed by atoms with E-state index in [0.717, 1.165) is 12.2 Å². The van der Waals surface area contributed by atoms with Crippen molar-refractivity contribution in [2.45, 2.75) is 97.1 Å². The van der Waals surface area contributed by atoms with Gasteiger partial charge >= 0.3 is 23.9 Å². The van der Waals surface area contributed by atoms with Gasteiger partial charge in [-0.25, -0.2) is 9.69 Å². The van der Waals surface area contributed by atoms with Gasteiger partial charge in [-0.05, 0) is 36.7 Å². The van der Waals surface area contributed by atoms with Crippen LogP contribution in [0.4, 0.5) is 0 Å². The number of rotatable bonds is 10. The van der Waals surface area contributed by atoms with Gasteiger partial charge in [0.25, 0.3) is 11.8 Å². The predicted molar refractivity (Wildman–Crippen MR) is 176 cm³/mol. The molecule has 3 N–H and O–H groups in total. The lowest BCUT2D eigenvalue weighted by Crippen LogP contribution is -2.78. The number of carbonyl (C=O) groups excluding carboxylic acids is 7. The van der Waals surface area contributed by atoms with Crippen LogP contribution in [0.5, 0.6) is 0 Å². The Bertz CT molecular complexity index is 1670. The van der Waals surface area contributed by atoms with Crippen molar-refractivity contribution in [3.8, 4) is 0 Å². The molecule has 1 radical (unpaired) electrons. The molecule has 4 fully saturated rings. The predicted octanol–water partition coefficient (Wildman–Crippen LogP) is 0.302. The van der Waals surface area contributed by atoms with Gasteiger partial charge in [0.1, 0.15) is 18.6 Å². The fourth-order valence-electron chi connectivity index (χ4n) is 10.1. The van der Waals surface area contributed by atoms with Crippen LogP contribution in [0.1, 0.15) is 61.3 Å². The number of aliphatic hydroxyl groups is 3. The smallest absolute Gasteiger partial charge is 0.348 e.